The first-order valence-electron chi connectivity index (χ1n) is 6.68. The van der Waals surface area contributed by atoms with E-state index in [9.17, 15) is 4.79 Å². The average molecular weight is 248 g/mol. The molecule has 1 saturated heterocycles. The highest BCUT2D eigenvalue weighted by molar-refractivity contribution is 5.81. The lowest BCUT2D eigenvalue weighted by atomic mass is 10.1. The Hall–Kier alpha value is -1.36. The molecular formula is C13H20N4O. The molecule has 18 heavy (non-hydrogen) atoms. The normalized spacial score (nSPS) is 28.4. The minimum atomic E-state index is -0.104. The van der Waals surface area contributed by atoms with Gasteiger partial charge < -0.3 is 15.2 Å². The van der Waals surface area contributed by atoms with E-state index < -0.39 is 0 Å². The van der Waals surface area contributed by atoms with Crippen LogP contribution < -0.4 is 5.73 Å². The Kier molecular flexibility index (Phi) is 2.66. The molecule has 0 spiro atoms. The summed E-state index contributed by atoms with van der Waals surface area (Å²) in [6, 6.07) is 0.653. The topological polar surface area (TPSA) is 64.2 Å². The summed E-state index contributed by atoms with van der Waals surface area (Å²) in [6.45, 7) is 4.24. The molecule has 2 fully saturated rings. The summed E-state index contributed by atoms with van der Waals surface area (Å²) in [7, 11) is 0. The van der Waals surface area contributed by atoms with E-state index in [0.29, 0.717) is 18.5 Å². The quantitative estimate of drug-likeness (QED) is 0.875. The standard InChI is InChI=1S/C13H20N4O/c1-8(2)16-7-15-6-11(16)13-10(14)5-12(18)17(13)9-3-4-9/h6-10,13H,3-5,14H2,1-2H3. The van der Waals surface area contributed by atoms with Gasteiger partial charge in [0.2, 0.25) is 5.91 Å². The molecule has 2 heterocycles. The maximum atomic E-state index is 12.1. The van der Waals surface area contributed by atoms with Crippen molar-refractivity contribution in [3.8, 4) is 0 Å². The van der Waals surface area contributed by atoms with Crippen LogP contribution in [-0.2, 0) is 4.79 Å². The summed E-state index contributed by atoms with van der Waals surface area (Å²) in [5, 5.41) is 0. The van der Waals surface area contributed by atoms with Crippen LogP contribution in [0.5, 0.6) is 0 Å². The van der Waals surface area contributed by atoms with E-state index in [1.807, 2.05) is 17.4 Å². The maximum absolute atomic E-state index is 12.1. The van der Waals surface area contributed by atoms with Crippen LogP contribution in [0.2, 0.25) is 0 Å². The lowest BCUT2D eigenvalue weighted by Gasteiger charge is -2.28. The zero-order chi connectivity index (χ0) is 12.9. The number of hydrogen-bond donors (Lipinski definition) is 1. The van der Waals surface area contributed by atoms with Gasteiger partial charge in [-0.1, -0.05) is 0 Å². The number of nitrogens with zero attached hydrogens (tertiary/aromatic N) is 3. The van der Waals surface area contributed by atoms with Crippen LogP contribution in [0, 0.1) is 0 Å². The van der Waals surface area contributed by atoms with Gasteiger partial charge in [0.05, 0.1) is 24.3 Å². The fraction of sp³-hybridized carbons (Fsp3) is 0.692. The van der Waals surface area contributed by atoms with Crippen molar-refractivity contribution in [2.75, 3.05) is 0 Å². The number of nitrogens with two attached hydrogens (primary N) is 1. The number of imidazole rings is 1. The summed E-state index contributed by atoms with van der Waals surface area (Å²) >= 11 is 0. The average Bonchev–Trinajstić information content (AvgIpc) is 2.92. The second-order valence-corrected chi connectivity index (χ2v) is 5.66. The highest BCUT2D eigenvalue weighted by atomic mass is 16.2. The van der Waals surface area contributed by atoms with Crippen LogP contribution in [0.25, 0.3) is 0 Å². The van der Waals surface area contributed by atoms with E-state index in [1.54, 1.807) is 0 Å². The van der Waals surface area contributed by atoms with E-state index in [4.69, 9.17) is 5.73 Å². The number of carbonyl (C=O) groups excluding carboxylic acids is 1. The van der Waals surface area contributed by atoms with Crippen LogP contribution in [0.4, 0.5) is 0 Å². The molecule has 2 atom stereocenters. The second-order valence-electron chi connectivity index (χ2n) is 5.66. The highest BCUT2D eigenvalue weighted by Gasteiger charge is 2.47. The van der Waals surface area contributed by atoms with Crippen molar-refractivity contribution >= 4 is 5.91 Å². The van der Waals surface area contributed by atoms with Gasteiger partial charge in [-0.15, -0.1) is 0 Å². The molecule has 5 nitrogen and oxygen atoms in total. The predicted molar refractivity (Wildman–Crippen MR) is 67.8 cm³/mol. The minimum absolute atomic E-state index is 0.00917. The molecule has 2 N–H and O–H groups in total. The van der Waals surface area contributed by atoms with Crippen molar-refractivity contribution in [3.63, 3.8) is 0 Å². The monoisotopic (exact) mass is 248 g/mol. The number of rotatable bonds is 3. The van der Waals surface area contributed by atoms with Crippen molar-refractivity contribution in [2.24, 2.45) is 5.73 Å². The van der Waals surface area contributed by atoms with Gasteiger partial charge in [0.15, 0.2) is 0 Å². The van der Waals surface area contributed by atoms with Gasteiger partial charge in [0.1, 0.15) is 0 Å². The van der Waals surface area contributed by atoms with Gasteiger partial charge >= 0.3 is 0 Å². The van der Waals surface area contributed by atoms with E-state index in [2.05, 4.69) is 23.4 Å². The lowest BCUT2D eigenvalue weighted by Crippen LogP contribution is -2.36. The van der Waals surface area contributed by atoms with Crippen LogP contribution in [-0.4, -0.2) is 32.4 Å². The van der Waals surface area contributed by atoms with Crippen molar-refractivity contribution in [1.82, 2.24) is 14.5 Å². The Morgan fingerprint density at radius 3 is 2.78 bits per heavy atom. The Morgan fingerprint density at radius 2 is 2.17 bits per heavy atom. The zero-order valence-electron chi connectivity index (χ0n) is 10.9. The van der Waals surface area contributed by atoms with Crippen molar-refractivity contribution in [3.05, 3.63) is 18.2 Å². The molecule has 1 amide bonds. The largest absolute Gasteiger partial charge is 0.330 e. The summed E-state index contributed by atoms with van der Waals surface area (Å²) in [5.41, 5.74) is 7.26. The first-order valence-corrected chi connectivity index (χ1v) is 6.68. The fourth-order valence-electron chi connectivity index (χ4n) is 2.90. The summed E-state index contributed by atoms with van der Waals surface area (Å²) in [4.78, 5) is 18.3. The van der Waals surface area contributed by atoms with Crippen LogP contribution in [0.1, 0.15) is 50.9 Å². The Bertz CT molecular complexity index is 463. The third-order valence-electron chi connectivity index (χ3n) is 3.90. The first-order chi connectivity index (χ1) is 8.59. The molecule has 0 aromatic carbocycles. The smallest absolute Gasteiger partial charge is 0.225 e. The maximum Gasteiger partial charge on any atom is 0.225 e. The molecule has 5 heteroatoms. The molecular weight excluding hydrogens is 228 g/mol. The van der Waals surface area contributed by atoms with E-state index in [0.717, 1.165) is 18.5 Å². The lowest BCUT2D eigenvalue weighted by molar-refractivity contribution is -0.129. The molecule has 1 aromatic heterocycles. The van der Waals surface area contributed by atoms with Crippen LogP contribution >= 0.6 is 0 Å². The van der Waals surface area contributed by atoms with Crippen molar-refractivity contribution in [2.45, 2.75) is 57.3 Å². The van der Waals surface area contributed by atoms with E-state index >= 15 is 0 Å². The predicted octanol–water partition coefficient (Wildman–Crippen LogP) is 1.23. The molecule has 1 aliphatic heterocycles. The molecule has 2 aliphatic rings. The first kappa shape index (κ1) is 11.7. The molecule has 3 rings (SSSR count). The Morgan fingerprint density at radius 1 is 1.44 bits per heavy atom. The van der Waals surface area contributed by atoms with E-state index in [1.165, 1.54) is 0 Å². The second kappa shape index (κ2) is 4.09. The third kappa shape index (κ3) is 1.73. The van der Waals surface area contributed by atoms with Gasteiger partial charge in [0, 0.05) is 24.5 Å². The van der Waals surface area contributed by atoms with Crippen LogP contribution in [0.3, 0.4) is 0 Å². The third-order valence-corrected chi connectivity index (χ3v) is 3.90. The number of likely N-dealkylation sites (tertiary alicyclic amines) is 1. The van der Waals surface area contributed by atoms with Crippen molar-refractivity contribution in [1.29, 1.82) is 0 Å². The SMILES string of the molecule is CC(C)n1cncc1C1C(N)CC(=O)N1C1CC1. The number of hydrogen-bond acceptors (Lipinski definition) is 3. The molecule has 1 aromatic rings. The fourth-order valence-corrected chi connectivity index (χ4v) is 2.90. The van der Waals surface area contributed by atoms with E-state index in [-0.39, 0.29) is 18.0 Å². The van der Waals surface area contributed by atoms with Gasteiger partial charge in [-0.3, -0.25) is 4.79 Å². The van der Waals surface area contributed by atoms with Crippen molar-refractivity contribution < 1.29 is 4.79 Å². The summed E-state index contributed by atoms with van der Waals surface area (Å²) in [6.07, 6.45) is 6.39. The highest BCUT2D eigenvalue weighted by Crippen LogP contribution is 2.41. The zero-order valence-corrected chi connectivity index (χ0v) is 10.9. The molecule has 1 saturated carbocycles. The van der Waals surface area contributed by atoms with Gasteiger partial charge in [0.25, 0.3) is 0 Å². The number of aromatic nitrogens is 2. The number of carbonyl (C=O) groups is 1. The Labute approximate surface area is 107 Å². The molecule has 98 valence electrons. The number of amides is 1. The summed E-state index contributed by atoms with van der Waals surface area (Å²) in [5.74, 6) is 0.200. The molecule has 2 unspecified atom stereocenters. The van der Waals surface area contributed by atoms with Crippen LogP contribution in [0.15, 0.2) is 12.5 Å². The summed E-state index contributed by atoms with van der Waals surface area (Å²) < 4.78 is 2.12. The van der Waals surface area contributed by atoms with Gasteiger partial charge in [-0.05, 0) is 26.7 Å². The molecule has 1 aliphatic carbocycles. The minimum Gasteiger partial charge on any atom is -0.330 e. The molecule has 0 radical (unpaired) electrons. The molecule has 0 bridgehead atoms. The van der Waals surface area contributed by atoms with Gasteiger partial charge in [-0.25, -0.2) is 4.98 Å². The Balaban J connectivity index is 1.97. The van der Waals surface area contributed by atoms with Gasteiger partial charge in [-0.2, -0.15) is 0 Å².